The number of aromatic nitrogens is 2. The second kappa shape index (κ2) is 11.7. The summed E-state index contributed by atoms with van der Waals surface area (Å²) in [4.78, 5) is 9.09. The predicted molar refractivity (Wildman–Crippen MR) is 155 cm³/mol. The van der Waals surface area contributed by atoms with Crippen molar-refractivity contribution in [1.82, 2.24) is 15.3 Å². The summed E-state index contributed by atoms with van der Waals surface area (Å²) in [6.45, 7) is 11.1. The molecule has 2 heterocycles. The Balaban J connectivity index is 1.68. The Morgan fingerprint density at radius 2 is 1.84 bits per heavy atom. The molecule has 0 atom stereocenters. The highest BCUT2D eigenvalue weighted by Crippen LogP contribution is 2.36. The number of nitrogens with one attached hydrogen (secondary N) is 3. The Morgan fingerprint density at radius 1 is 1.08 bits per heavy atom. The molecule has 0 saturated heterocycles. The minimum atomic E-state index is -3.52. The van der Waals surface area contributed by atoms with E-state index in [1.165, 1.54) is 11.8 Å². The fourth-order valence-electron chi connectivity index (χ4n) is 4.19. The third kappa shape index (κ3) is 6.28. The number of halogens is 1. The van der Waals surface area contributed by atoms with Gasteiger partial charge < -0.3 is 20.7 Å². The van der Waals surface area contributed by atoms with Crippen molar-refractivity contribution in [3.63, 3.8) is 0 Å². The summed E-state index contributed by atoms with van der Waals surface area (Å²) >= 11 is 6.41. The fraction of sp³-hybridized carbons (Fsp3) is 0.357. The lowest BCUT2D eigenvalue weighted by Gasteiger charge is -2.21. The molecule has 4 rings (SSSR count). The number of anilines is 4. The highest BCUT2D eigenvalue weighted by Gasteiger charge is 2.23. The molecule has 0 radical (unpaired) electrons. The van der Waals surface area contributed by atoms with Gasteiger partial charge >= 0.3 is 0 Å². The molecule has 2 aromatic carbocycles. The van der Waals surface area contributed by atoms with Gasteiger partial charge in [-0.05, 0) is 88.5 Å². The van der Waals surface area contributed by atoms with E-state index in [4.69, 9.17) is 16.3 Å². The standard InChI is InChI=1S/C28H34ClN5O3S/c1-17(2)37-25-15-21(20-10-12-30-13-11-20)19(5)14-24(25)33-28-31-16-22(29)27(34-28)32-23-8-6-7-9-26(23)38(35,36)18(3)4/h6-10,14-18,30H,11-13H2,1-5H3,(H2,31,32,33,34). The van der Waals surface area contributed by atoms with E-state index in [9.17, 15) is 8.42 Å². The summed E-state index contributed by atoms with van der Waals surface area (Å²) in [5, 5.41) is 9.40. The maximum Gasteiger partial charge on any atom is 0.229 e. The van der Waals surface area contributed by atoms with Gasteiger partial charge in [0, 0.05) is 6.54 Å². The van der Waals surface area contributed by atoms with Crippen molar-refractivity contribution in [2.75, 3.05) is 23.7 Å². The van der Waals surface area contributed by atoms with Gasteiger partial charge in [-0.15, -0.1) is 0 Å². The zero-order valence-electron chi connectivity index (χ0n) is 22.3. The van der Waals surface area contributed by atoms with Crippen LogP contribution in [0.1, 0.15) is 45.2 Å². The average molecular weight is 556 g/mol. The minimum absolute atomic E-state index is 0.0316. The molecule has 202 valence electrons. The van der Waals surface area contributed by atoms with E-state index >= 15 is 0 Å². The van der Waals surface area contributed by atoms with Gasteiger partial charge in [-0.2, -0.15) is 4.98 Å². The van der Waals surface area contributed by atoms with Crippen molar-refractivity contribution in [2.24, 2.45) is 0 Å². The van der Waals surface area contributed by atoms with Crippen LogP contribution in [0.5, 0.6) is 5.75 Å². The third-order valence-corrected chi connectivity index (χ3v) is 8.64. The number of ether oxygens (including phenoxy) is 1. The fourth-order valence-corrected chi connectivity index (χ4v) is 5.53. The number of sulfone groups is 1. The van der Waals surface area contributed by atoms with Gasteiger partial charge in [-0.1, -0.05) is 29.8 Å². The van der Waals surface area contributed by atoms with E-state index in [0.29, 0.717) is 17.4 Å². The van der Waals surface area contributed by atoms with Crippen LogP contribution in [0.25, 0.3) is 5.57 Å². The molecule has 0 fully saturated rings. The van der Waals surface area contributed by atoms with Gasteiger partial charge in [-0.25, -0.2) is 13.4 Å². The Morgan fingerprint density at radius 3 is 2.53 bits per heavy atom. The zero-order chi connectivity index (χ0) is 27.4. The largest absolute Gasteiger partial charge is 0.489 e. The molecule has 1 aromatic heterocycles. The van der Waals surface area contributed by atoms with Crippen LogP contribution in [0.15, 0.2) is 53.6 Å². The van der Waals surface area contributed by atoms with Crippen molar-refractivity contribution in [3.8, 4) is 5.75 Å². The van der Waals surface area contributed by atoms with Crippen molar-refractivity contribution in [3.05, 3.63) is 64.8 Å². The second-order valence-corrected chi connectivity index (χ2v) is 12.6. The van der Waals surface area contributed by atoms with Gasteiger partial charge in [0.25, 0.3) is 0 Å². The molecule has 10 heteroatoms. The molecular weight excluding hydrogens is 522 g/mol. The van der Waals surface area contributed by atoms with E-state index < -0.39 is 15.1 Å². The lowest BCUT2D eigenvalue weighted by Crippen LogP contribution is -2.20. The van der Waals surface area contributed by atoms with Crippen LogP contribution in [0, 0.1) is 6.92 Å². The highest BCUT2D eigenvalue weighted by atomic mass is 35.5. The van der Waals surface area contributed by atoms with Crippen LogP contribution in [0.2, 0.25) is 5.02 Å². The first-order valence-electron chi connectivity index (χ1n) is 12.7. The summed E-state index contributed by atoms with van der Waals surface area (Å²) in [5.41, 5.74) is 4.69. The maximum atomic E-state index is 12.9. The van der Waals surface area contributed by atoms with Crippen LogP contribution in [0.3, 0.4) is 0 Å². The van der Waals surface area contributed by atoms with Crippen molar-refractivity contribution >= 4 is 50.2 Å². The smallest absolute Gasteiger partial charge is 0.229 e. The lowest BCUT2D eigenvalue weighted by molar-refractivity contribution is 0.243. The molecule has 8 nitrogen and oxygen atoms in total. The van der Waals surface area contributed by atoms with Crippen molar-refractivity contribution < 1.29 is 13.2 Å². The molecule has 1 aliphatic heterocycles. The Kier molecular flexibility index (Phi) is 8.60. The average Bonchev–Trinajstić information content (AvgIpc) is 2.88. The van der Waals surface area contributed by atoms with Gasteiger partial charge in [-0.3, -0.25) is 0 Å². The highest BCUT2D eigenvalue weighted by molar-refractivity contribution is 7.92. The molecular formula is C28H34ClN5O3S. The van der Waals surface area contributed by atoms with Crippen LogP contribution in [-0.2, 0) is 9.84 Å². The quantitative estimate of drug-likeness (QED) is 0.283. The number of aryl methyl sites for hydroxylation is 1. The number of hydrogen-bond donors (Lipinski definition) is 3. The molecule has 0 spiro atoms. The van der Waals surface area contributed by atoms with Crippen LogP contribution in [0.4, 0.5) is 23.1 Å². The van der Waals surface area contributed by atoms with Crippen LogP contribution < -0.4 is 20.7 Å². The monoisotopic (exact) mass is 555 g/mol. The first-order chi connectivity index (χ1) is 18.1. The van der Waals surface area contributed by atoms with E-state index in [0.717, 1.165) is 36.3 Å². The molecule has 1 aliphatic rings. The number of para-hydroxylation sites is 1. The first-order valence-corrected chi connectivity index (χ1v) is 14.6. The maximum absolute atomic E-state index is 12.9. The molecule has 0 saturated carbocycles. The normalized spacial score (nSPS) is 13.9. The van der Waals surface area contributed by atoms with Gasteiger partial charge in [0.1, 0.15) is 10.8 Å². The van der Waals surface area contributed by atoms with E-state index in [1.807, 2.05) is 19.9 Å². The second-order valence-electron chi connectivity index (χ2n) is 9.74. The minimum Gasteiger partial charge on any atom is -0.489 e. The molecule has 0 amide bonds. The number of rotatable bonds is 9. The van der Waals surface area contributed by atoms with Gasteiger partial charge in [0.15, 0.2) is 15.7 Å². The number of benzene rings is 2. The van der Waals surface area contributed by atoms with Gasteiger partial charge in [0.2, 0.25) is 5.95 Å². The number of hydrogen-bond acceptors (Lipinski definition) is 8. The van der Waals surface area contributed by atoms with Crippen LogP contribution in [-0.4, -0.2) is 42.8 Å². The third-order valence-electron chi connectivity index (χ3n) is 6.16. The topological polar surface area (TPSA) is 105 Å². The summed E-state index contributed by atoms with van der Waals surface area (Å²) in [6, 6.07) is 10.8. The molecule has 38 heavy (non-hydrogen) atoms. The zero-order valence-corrected chi connectivity index (χ0v) is 23.9. The van der Waals surface area contributed by atoms with Crippen molar-refractivity contribution in [1.29, 1.82) is 0 Å². The van der Waals surface area contributed by atoms with E-state index in [1.54, 1.807) is 38.1 Å². The summed E-state index contributed by atoms with van der Waals surface area (Å²) in [7, 11) is -3.52. The Hall–Kier alpha value is -3.14. The lowest BCUT2D eigenvalue weighted by atomic mass is 9.95. The first kappa shape index (κ1) is 27.9. The van der Waals surface area contributed by atoms with Crippen molar-refractivity contribution in [2.45, 2.75) is 57.3 Å². The molecule has 3 N–H and O–H groups in total. The van der Waals surface area contributed by atoms with E-state index in [2.05, 4.69) is 45.0 Å². The molecule has 0 unspecified atom stereocenters. The Labute approximate surface area is 229 Å². The SMILES string of the molecule is Cc1cc(Nc2ncc(Cl)c(Nc3ccccc3S(=O)(=O)C(C)C)n2)c(OC(C)C)cc1C1=CCNCC1. The summed E-state index contributed by atoms with van der Waals surface area (Å²) in [5.74, 6) is 1.28. The van der Waals surface area contributed by atoms with E-state index in [-0.39, 0.29) is 21.8 Å². The van der Waals surface area contributed by atoms with Crippen LogP contribution >= 0.6 is 11.6 Å². The molecule has 0 bridgehead atoms. The molecule has 3 aromatic rings. The predicted octanol–water partition coefficient (Wildman–Crippen LogP) is 6.27. The molecule has 0 aliphatic carbocycles. The van der Waals surface area contributed by atoms with Gasteiger partial charge in [0.05, 0.1) is 33.8 Å². The Bertz CT molecular complexity index is 1450. The summed E-state index contributed by atoms with van der Waals surface area (Å²) < 4.78 is 32.0. The summed E-state index contributed by atoms with van der Waals surface area (Å²) in [6.07, 6.45) is 4.62. The number of nitrogens with zero attached hydrogens (tertiary/aromatic N) is 2.